The molecular formula is C22H25FN6O3S. The molecule has 174 valence electrons. The number of thiophene rings is 1. The molecule has 1 aliphatic rings. The first-order chi connectivity index (χ1) is 15.7. The minimum Gasteiger partial charge on any atom is -0.486 e. The Morgan fingerprint density at radius 3 is 2.88 bits per heavy atom. The Bertz CT molecular complexity index is 1210. The molecule has 3 N–H and O–H groups in total. The van der Waals surface area contributed by atoms with Gasteiger partial charge in [-0.2, -0.15) is 0 Å². The molecule has 33 heavy (non-hydrogen) atoms. The van der Waals surface area contributed by atoms with Gasteiger partial charge in [-0.3, -0.25) is 9.59 Å². The number of hydrogen-bond donors (Lipinski definition) is 2. The summed E-state index contributed by atoms with van der Waals surface area (Å²) >= 11 is 1.20. The number of fused-ring (bicyclic) bond motifs is 1. The molecule has 0 aliphatic carbocycles. The van der Waals surface area contributed by atoms with Crippen molar-refractivity contribution in [1.29, 1.82) is 0 Å². The average Bonchev–Trinajstić information content (AvgIpc) is 3.35. The second-order valence-corrected chi connectivity index (χ2v) is 9.19. The first-order valence-electron chi connectivity index (χ1n) is 10.4. The zero-order valence-corrected chi connectivity index (χ0v) is 19.4. The van der Waals surface area contributed by atoms with E-state index >= 15 is 0 Å². The smallest absolute Gasteiger partial charge is 0.259 e. The number of ether oxygens (including phenoxy) is 1. The number of benzene rings is 1. The van der Waals surface area contributed by atoms with Crippen molar-refractivity contribution in [3.63, 3.8) is 0 Å². The second kappa shape index (κ2) is 9.28. The fourth-order valence-electron chi connectivity index (χ4n) is 3.83. The number of likely N-dealkylation sites (N-methyl/N-ethyl adjacent to an activating group) is 1. The molecule has 0 radical (unpaired) electrons. The van der Waals surface area contributed by atoms with Crippen LogP contribution in [0.3, 0.4) is 0 Å². The number of primary amides is 1. The van der Waals surface area contributed by atoms with E-state index in [2.05, 4.69) is 15.3 Å². The van der Waals surface area contributed by atoms with Gasteiger partial charge >= 0.3 is 0 Å². The minimum atomic E-state index is -0.526. The van der Waals surface area contributed by atoms with Gasteiger partial charge in [-0.15, -0.1) is 11.3 Å². The van der Waals surface area contributed by atoms with Gasteiger partial charge in [-0.1, -0.05) is 0 Å². The first kappa shape index (κ1) is 22.9. The largest absolute Gasteiger partial charge is 0.486 e. The molecule has 2 aromatic heterocycles. The summed E-state index contributed by atoms with van der Waals surface area (Å²) in [6.07, 6.45) is 1.78. The van der Waals surface area contributed by atoms with Crippen molar-refractivity contribution in [2.24, 2.45) is 5.73 Å². The Morgan fingerprint density at radius 2 is 2.15 bits per heavy atom. The van der Waals surface area contributed by atoms with Crippen LogP contribution in [0.5, 0.6) is 5.75 Å². The van der Waals surface area contributed by atoms with Crippen molar-refractivity contribution in [3.8, 4) is 5.75 Å². The maximum atomic E-state index is 14.1. The lowest BCUT2D eigenvalue weighted by atomic mass is 10.2. The van der Waals surface area contributed by atoms with Gasteiger partial charge in [0.05, 0.1) is 29.0 Å². The maximum absolute atomic E-state index is 14.1. The first-order valence-corrected chi connectivity index (χ1v) is 11.2. The molecule has 2 amide bonds. The van der Waals surface area contributed by atoms with Crippen LogP contribution >= 0.6 is 11.3 Å². The van der Waals surface area contributed by atoms with E-state index in [1.807, 2.05) is 19.0 Å². The number of nitrogens with zero attached hydrogens (tertiary/aromatic N) is 4. The van der Waals surface area contributed by atoms with Crippen molar-refractivity contribution in [2.45, 2.75) is 19.4 Å². The third-order valence-corrected chi connectivity index (χ3v) is 6.60. The monoisotopic (exact) mass is 472 g/mol. The zero-order valence-electron chi connectivity index (χ0n) is 18.6. The zero-order chi connectivity index (χ0) is 23.7. The number of amides is 2. The molecule has 4 rings (SSSR count). The molecule has 1 aromatic carbocycles. The lowest BCUT2D eigenvalue weighted by Crippen LogP contribution is -2.37. The molecule has 1 saturated heterocycles. The van der Waals surface area contributed by atoms with Crippen molar-refractivity contribution < 1.29 is 18.7 Å². The molecular weight excluding hydrogens is 447 g/mol. The van der Waals surface area contributed by atoms with E-state index in [4.69, 9.17) is 10.5 Å². The summed E-state index contributed by atoms with van der Waals surface area (Å²) in [7, 11) is 3.69. The van der Waals surface area contributed by atoms with Gasteiger partial charge < -0.3 is 25.6 Å². The highest BCUT2D eigenvalue weighted by Crippen LogP contribution is 2.36. The molecule has 3 heterocycles. The number of aromatic nitrogens is 2. The van der Waals surface area contributed by atoms with Crippen LogP contribution in [0.15, 0.2) is 24.5 Å². The summed E-state index contributed by atoms with van der Waals surface area (Å²) in [6, 6.07) is 4.20. The van der Waals surface area contributed by atoms with E-state index in [9.17, 15) is 14.0 Å². The van der Waals surface area contributed by atoms with Crippen LogP contribution < -0.4 is 15.8 Å². The quantitative estimate of drug-likeness (QED) is 0.543. The molecule has 1 atom stereocenters. The van der Waals surface area contributed by atoms with E-state index in [0.717, 1.165) is 0 Å². The fourth-order valence-corrected chi connectivity index (χ4v) is 4.83. The number of aryl methyl sites for hydroxylation is 1. The number of hydrogen-bond acceptors (Lipinski definition) is 8. The fraction of sp³-hybridized carbons (Fsp3) is 0.364. The number of rotatable bonds is 7. The van der Waals surface area contributed by atoms with Crippen LogP contribution in [0.25, 0.3) is 10.2 Å². The SMILES string of the molecule is Cc1c(C(N)=O)sc2ncnc(Nc3ccc(F)cc3OC3CCN(C(=O)CN(C)C)C3)c12. The summed E-state index contributed by atoms with van der Waals surface area (Å²) in [5.74, 6) is -0.152. The summed E-state index contributed by atoms with van der Waals surface area (Å²) in [5, 5.41) is 3.87. The number of carbonyl (C=O) groups is 2. The number of likely N-dealkylation sites (tertiary alicyclic amines) is 1. The van der Waals surface area contributed by atoms with Crippen LogP contribution in [0.1, 0.15) is 21.7 Å². The van der Waals surface area contributed by atoms with Gasteiger partial charge in [0.25, 0.3) is 5.91 Å². The molecule has 3 aromatic rings. The summed E-state index contributed by atoms with van der Waals surface area (Å²) in [5.41, 5.74) is 6.68. The molecule has 0 saturated carbocycles. The van der Waals surface area contributed by atoms with Crippen LogP contribution in [0.4, 0.5) is 15.9 Å². The lowest BCUT2D eigenvalue weighted by molar-refractivity contribution is -0.131. The number of carbonyl (C=O) groups excluding carboxylic acids is 2. The summed E-state index contributed by atoms with van der Waals surface area (Å²) in [4.78, 5) is 37.3. The summed E-state index contributed by atoms with van der Waals surface area (Å²) < 4.78 is 20.2. The Labute approximate surface area is 194 Å². The van der Waals surface area contributed by atoms with Gasteiger partial charge in [-0.25, -0.2) is 14.4 Å². The Kier molecular flexibility index (Phi) is 6.43. The molecule has 9 nitrogen and oxygen atoms in total. The molecule has 1 fully saturated rings. The number of nitrogens with one attached hydrogen (secondary N) is 1. The third kappa shape index (κ3) is 4.88. The van der Waals surface area contributed by atoms with E-state index in [-0.39, 0.29) is 12.0 Å². The normalized spacial score (nSPS) is 15.9. The Balaban J connectivity index is 1.58. The molecule has 0 bridgehead atoms. The van der Waals surface area contributed by atoms with Crippen LogP contribution in [-0.2, 0) is 4.79 Å². The molecule has 0 spiro atoms. The van der Waals surface area contributed by atoms with Crippen molar-refractivity contribution in [2.75, 3.05) is 39.0 Å². The van der Waals surface area contributed by atoms with Gasteiger partial charge in [0.15, 0.2) is 0 Å². The van der Waals surface area contributed by atoms with Crippen LogP contribution in [0.2, 0.25) is 0 Å². The molecule has 11 heteroatoms. The van der Waals surface area contributed by atoms with E-state index in [0.29, 0.717) is 64.0 Å². The molecule has 1 aliphatic heterocycles. The number of anilines is 2. The van der Waals surface area contributed by atoms with Crippen molar-refractivity contribution in [3.05, 3.63) is 40.8 Å². The minimum absolute atomic E-state index is 0.0326. The topological polar surface area (TPSA) is 114 Å². The van der Waals surface area contributed by atoms with Crippen molar-refractivity contribution in [1.82, 2.24) is 19.8 Å². The average molecular weight is 473 g/mol. The highest BCUT2D eigenvalue weighted by atomic mass is 32.1. The molecule has 1 unspecified atom stereocenters. The summed E-state index contributed by atoms with van der Waals surface area (Å²) in [6.45, 7) is 3.14. The predicted molar refractivity (Wildman–Crippen MR) is 125 cm³/mol. The number of nitrogens with two attached hydrogens (primary N) is 1. The van der Waals surface area contributed by atoms with E-state index < -0.39 is 11.7 Å². The van der Waals surface area contributed by atoms with Gasteiger partial charge in [0.1, 0.15) is 34.6 Å². The van der Waals surface area contributed by atoms with E-state index in [1.165, 1.54) is 29.8 Å². The van der Waals surface area contributed by atoms with Gasteiger partial charge in [-0.05, 0) is 38.7 Å². The maximum Gasteiger partial charge on any atom is 0.259 e. The Hall–Kier alpha value is -3.31. The van der Waals surface area contributed by atoms with Crippen molar-refractivity contribution >= 4 is 44.9 Å². The number of halogens is 1. The van der Waals surface area contributed by atoms with Crippen LogP contribution in [0, 0.1) is 12.7 Å². The highest BCUT2D eigenvalue weighted by molar-refractivity contribution is 7.20. The lowest BCUT2D eigenvalue weighted by Gasteiger charge is -2.20. The highest BCUT2D eigenvalue weighted by Gasteiger charge is 2.28. The van der Waals surface area contributed by atoms with Gasteiger partial charge in [0, 0.05) is 19.0 Å². The third-order valence-electron chi connectivity index (χ3n) is 5.39. The van der Waals surface area contributed by atoms with E-state index in [1.54, 1.807) is 17.9 Å². The van der Waals surface area contributed by atoms with Gasteiger partial charge in [0.2, 0.25) is 5.91 Å². The second-order valence-electron chi connectivity index (χ2n) is 8.19. The van der Waals surface area contributed by atoms with Crippen LogP contribution in [-0.4, -0.2) is 71.4 Å². The Morgan fingerprint density at radius 1 is 1.36 bits per heavy atom. The standard InChI is InChI=1S/C22H25FN6O3S/c1-12-18-21(25-11-26-22(18)33-19(12)20(24)31)27-15-5-4-13(23)8-16(15)32-14-6-7-29(9-14)17(30)10-28(2)3/h4-5,8,11,14H,6-7,9-10H2,1-3H3,(H2,24,31)(H,25,26,27). The predicted octanol–water partition coefficient (Wildman–Crippen LogP) is 2.52.